The molecule has 0 saturated heterocycles. The van der Waals surface area contributed by atoms with Gasteiger partial charge in [-0.25, -0.2) is 0 Å². The van der Waals surface area contributed by atoms with Gasteiger partial charge in [-0.2, -0.15) is 0 Å². The summed E-state index contributed by atoms with van der Waals surface area (Å²) in [7, 11) is 0. The summed E-state index contributed by atoms with van der Waals surface area (Å²) in [4.78, 5) is 5.58. The summed E-state index contributed by atoms with van der Waals surface area (Å²) < 4.78 is 0. The fourth-order valence-corrected chi connectivity index (χ4v) is 12.4. The lowest BCUT2D eigenvalue weighted by molar-refractivity contribution is 0.743. The summed E-state index contributed by atoms with van der Waals surface area (Å²) in [5.74, 6) is 0. The molecule has 0 aromatic heterocycles. The Hall–Kier alpha value is -6.79. The lowest BCUT2D eigenvalue weighted by atomic mass is 9.67. The number of allylic oxidation sites excluding steroid dienone is 2. The summed E-state index contributed by atoms with van der Waals surface area (Å²) in [6, 6.07) is 81.9. The maximum absolute atomic E-state index is 5.58. The van der Waals surface area contributed by atoms with Gasteiger partial charge in [0.2, 0.25) is 0 Å². The van der Waals surface area contributed by atoms with Gasteiger partial charge in [-0.1, -0.05) is 219 Å². The van der Waals surface area contributed by atoms with Crippen LogP contribution in [0, 0.1) is 0 Å². The molecule has 0 N–H and O–H groups in total. The Morgan fingerprint density at radius 2 is 0.932 bits per heavy atom. The Morgan fingerprint density at radius 1 is 0.475 bits per heavy atom. The second kappa shape index (κ2) is 15.2. The Bertz CT molecular complexity index is 2960. The molecule has 9 aromatic carbocycles. The fourth-order valence-electron chi connectivity index (χ4n) is 9.43. The number of aliphatic imine (C=N–C) groups is 1. The van der Waals surface area contributed by atoms with Gasteiger partial charge in [0.25, 0.3) is 0 Å². The molecule has 0 amide bonds. The number of fused-ring (bicyclic) bond motifs is 3. The molecule has 0 atom stereocenters. The molecule has 1 aliphatic carbocycles. The number of rotatable bonds is 9. The SMILES string of the molecule is C=P(c1ccc(/C(=N/Cc2ccccc2)C2=C(C)C(c3ccccc3)(c3ccccc3)c3ccccc32)cc1)(c1ccc2ccccc2c1)c1ccc2ccccc2c1. The highest BCUT2D eigenvalue weighted by Gasteiger charge is 2.46. The van der Waals surface area contributed by atoms with Crippen molar-refractivity contribution in [3.05, 3.63) is 263 Å². The van der Waals surface area contributed by atoms with Crippen LogP contribution in [0.4, 0.5) is 0 Å². The van der Waals surface area contributed by atoms with Gasteiger partial charge in [0.15, 0.2) is 0 Å². The molecule has 0 fully saturated rings. The Balaban J connectivity index is 1.18. The van der Waals surface area contributed by atoms with E-state index in [1.54, 1.807) is 0 Å². The van der Waals surface area contributed by atoms with E-state index < -0.39 is 12.3 Å². The first-order valence-corrected chi connectivity index (χ1v) is 22.4. The molecule has 0 heterocycles. The van der Waals surface area contributed by atoms with Crippen LogP contribution in [-0.2, 0) is 12.0 Å². The van der Waals surface area contributed by atoms with E-state index in [2.05, 4.69) is 231 Å². The summed E-state index contributed by atoms with van der Waals surface area (Å²) in [6.45, 7) is 0.556. The zero-order valence-corrected chi connectivity index (χ0v) is 34.1. The average molecular weight is 774 g/mol. The monoisotopic (exact) mass is 773 g/mol. The average Bonchev–Trinajstić information content (AvgIpc) is 3.57. The van der Waals surface area contributed by atoms with Gasteiger partial charge < -0.3 is 0 Å². The minimum Gasteiger partial charge on any atom is -0.279 e. The lowest BCUT2D eigenvalue weighted by Crippen LogP contribution is -2.29. The van der Waals surface area contributed by atoms with Gasteiger partial charge in [0.1, 0.15) is 0 Å². The van der Waals surface area contributed by atoms with Crippen LogP contribution in [0.2, 0.25) is 0 Å². The van der Waals surface area contributed by atoms with Crippen molar-refractivity contribution in [2.75, 3.05) is 0 Å². The van der Waals surface area contributed by atoms with E-state index in [9.17, 15) is 0 Å². The molecule has 0 bridgehead atoms. The van der Waals surface area contributed by atoms with Gasteiger partial charge in [0, 0.05) is 11.1 Å². The molecule has 0 aliphatic heterocycles. The molecule has 0 radical (unpaired) electrons. The van der Waals surface area contributed by atoms with Gasteiger partial charge in [-0.3, -0.25) is 4.99 Å². The summed E-state index contributed by atoms with van der Waals surface area (Å²) in [6.07, 6.45) is 5.22. The molecular formula is C57H44NP. The first-order valence-electron chi connectivity index (χ1n) is 20.4. The van der Waals surface area contributed by atoms with Crippen LogP contribution in [0.1, 0.15) is 40.3 Å². The zero-order chi connectivity index (χ0) is 39.8. The van der Waals surface area contributed by atoms with Crippen LogP contribution in [-0.4, -0.2) is 12.0 Å². The second-order valence-corrected chi connectivity index (χ2v) is 18.8. The Kier molecular flexibility index (Phi) is 9.40. The number of hydrogen-bond donors (Lipinski definition) is 0. The van der Waals surface area contributed by atoms with Crippen molar-refractivity contribution in [3.8, 4) is 0 Å². The minimum atomic E-state index is -2.34. The molecule has 0 unspecified atom stereocenters. The van der Waals surface area contributed by atoms with E-state index in [-0.39, 0.29) is 0 Å². The molecule has 1 nitrogen and oxygen atoms in total. The highest BCUT2D eigenvalue weighted by atomic mass is 31.2. The second-order valence-electron chi connectivity index (χ2n) is 15.6. The van der Waals surface area contributed by atoms with Crippen molar-refractivity contribution < 1.29 is 0 Å². The van der Waals surface area contributed by atoms with E-state index in [1.165, 1.54) is 76.4 Å². The smallest absolute Gasteiger partial charge is 0.0729 e. The lowest BCUT2D eigenvalue weighted by Gasteiger charge is -2.34. The molecule has 1 aliphatic rings. The van der Waals surface area contributed by atoms with E-state index in [0.29, 0.717) is 6.54 Å². The van der Waals surface area contributed by atoms with Gasteiger partial charge in [-0.15, -0.1) is 0 Å². The van der Waals surface area contributed by atoms with Gasteiger partial charge >= 0.3 is 0 Å². The normalized spacial score (nSPS) is 13.8. The van der Waals surface area contributed by atoms with E-state index in [4.69, 9.17) is 11.3 Å². The van der Waals surface area contributed by atoms with Gasteiger partial charge in [-0.05, 0) is 96.8 Å². The molecule has 282 valence electrons. The molecule has 10 rings (SSSR count). The number of nitrogens with zero attached hydrogens (tertiary/aromatic N) is 1. The molecule has 2 heteroatoms. The molecular weight excluding hydrogens is 730 g/mol. The molecule has 9 aromatic rings. The van der Waals surface area contributed by atoms with Crippen LogP contribution < -0.4 is 15.9 Å². The highest BCUT2D eigenvalue weighted by molar-refractivity contribution is 7.93. The first kappa shape index (κ1) is 36.5. The van der Waals surface area contributed by atoms with E-state index >= 15 is 0 Å². The third-order valence-electron chi connectivity index (χ3n) is 12.4. The minimum absolute atomic E-state index is 0.484. The maximum atomic E-state index is 5.58. The summed E-state index contributed by atoms with van der Waals surface area (Å²) in [5, 5.41) is 8.68. The van der Waals surface area contributed by atoms with E-state index in [0.717, 1.165) is 11.3 Å². The standard InChI is InChI=1S/C57H44NP/c1-41-55(53-28-16-17-29-54(53)57(41,48-24-8-4-9-25-48)49-26-10-5-11-27-49)56(58-40-42-18-6-3-7-19-42)45-32-34-50(35-33-45)59(2,51-36-30-43-20-12-14-22-46(43)38-51)52-37-31-44-21-13-15-23-47(44)39-52/h3-39H,2,40H2,1H3/b58-56-. The summed E-state index contributed by atoms with van der Waals surface area (Å²) >= 11 is 0. The predicted octanol–water partition coefficient (Wildman–Crippen LogP) is 12.5. The summed E-state index contributed by atoms with van der Waals surface area (Å²) in [5.41, 5.74) is 10.3. The van der Waals surface area contributed by atoms with Gasteiger partial charge in [0.05, 0.1) is 17.7 Å². The third kappa shape index (κ3) is 6.22. The van der Waals surface area contributed by atoms with Crippen molar-refractivity contribution in [3.63, 3.8) is 0 Å². The van der Waals surface area contributed by atoms with Crippen molar-refractivity contribution in [1.29, 1.82) is 0 Å². The van der Waals surface area contributed by atoms with Crippen molar-refractivity contribution in [2.45, 2.75) is 18.9 Å². The maximum Gasteiger partial charge on any atom is 0.0729 e. The number of benzene rings is 9. The molecule has 59 heavy (non-hydrogen) atoms. The number of hydrogen-bond acceptors (Lipinski definition) is 1. The van der Waals surface area contributed by atoms with E-state index in [1.807, 2.05) is 0 Å². The molecule has 0 saturated carbocycles. The van der Waals surface area contributed by atoms with Crippen molar-refractivity contribution >= 4 is 61.9 Å². The predicted molar refractivity (Wildman–Crippen MR) is 256 cm³/mol. The van der Waals surface area contributed by atoms with Crippen LogP contribution in [0.25, 0.3) is 27.1 Å². The molecule has 0 spiro atoms. The van der Waals surface area contributed by atoms with Crippen molar-refractivity contribution in [1.82, 2.24) is 0 Å². The largest absolute Gasteiger partial charge is 0.279 e. The van der Waals surface area contributed by atoms with Crippen LogP contribution in [0.3, 0.4) is 0 Å². The zero-order valence-electron chi connectivity index (χ0n) is 33.2. The first-order chi connectivity index (χ1) is 29.0. The quantitative estimate of drug-likeness (QED) is 0.102. The Morgan fingerprint density at radius 3 is 1.49 bits per heavy atom. The van der Waals surface area contributed by atoms with Crippen LogP contribution >= 0.6 is 6.89 Å². The fraction of sp³-hybridized carbons (Fsp3) is 0.0526. The van der Waals surface area contributed by atoms with Crippen LogP contribution in [0.15, 0.2) is 235 Å². The van der Waals surface area contributed by atoms with Crippen molar-refractivity contribution in [2.24, 2.45) is 4.99 Å². The topological polar surface area (TPSA) is 12.4 Å². The Labute approximate surface area is 347 Å². The highest BCUT2D eigenvalue weighted by Crippen LogP contribution is 2.55. The third-order valence-corrected chi connectivity index (χ3v) is 15.9. The van der Waals surface area contributed by atoms with Crippen LogP contribution in [0.5, 0.6) is 0 Å².